The van der Waals surface area contributed by atoms with Crippen LogP contribution in [0.1, 0.15) is 22.8 Å². The lowest BCUT2D eigenvalue weighted by molar-refractivity contribution is 0.0977. The van der Waals surface area contributed by atoms with E-state index in [-0.39, 0.29) is 11.0 Å². The molecule has 0 saturated carbocycles. The van der Waals surface area contributed by atoms with Crippen molar-refractivity contribution in [2.24, 2.45) is 0 Å². The van der Waals surface area contributed by atoms with Crippen molar-refractivity contribution in [1.29, 1.82) is 0 Å². The van der Waals surface area contributed by atoms with E-state index >= 15 is 0 Å². The molecular weight excluding hydrogens is 430 g/mol. The van der Waals surface area contributed by atoms with Crippen LogP contribution in [-0.2, 0) is 6.42 Å². The number of benzene rings is 4. The Bertz CT molecular complexity index is 1490. The summed E-state index contributed by atoms with van der Waals surface area (Å²) < 4.78 is 6.02. The summed E-state index contributed by atoms with van der Waals surface area (Å²) in [5.41, 5.74) is 4.84. The van der Waals surface area contributed by atoms with Gasteiger partial charge in [0.15, 0.2) is 10.7 Å². The van der Waals surface area contributed by atoms with Crippen molar-refractivity contribution in [3.05, 3.63) is 96.1 Å². The molecule has 5 nitrogen and oxygen atoms in total. The van der Waals surface area contributed by atoms with Gasteiger partial charge in [0, 0.05) is 22.2 Å². The molecular formula is C27H21N3O2S. The van der Waals surface area contributed by atoms with E-state index in [9.17, 15) is 4.79 Å². The number of hydrogen-bond donors (Lipinski definition) is 2. The van der Waals surface area contributed by atoms with E-state index in [1.54, 1.807) is 12.1 Å². The topological polar surface area (TPSA) is 67.2 Å². The Morgan fingerprint density at radius 3 is 2.61 bits per heavy atom. The number of nitrogens with zero attached hydrogens (tertiary/aromatic N) is 1. The molecule has 5 aromatic rings. The Labute approximate surface area is 196 Å². The van der Waals surface area contributed by atoms with Crippen LogP contribution in [0.15, 0.2) is 89.3 Å². The van der Waals surface area contributed by atoms with Crippen LogP contribution in [0.2, 0.25) is 0 Å². The Balaban J connectivity index is 1.34. The molecule has 0 bridgehead atoms. The number of hydrogen-bond acceptors (Lipinski definition) is 4. The molecule has 0 unspecified atom stereocenters. The molecule has 0 atom stereocenters. The lowest BCUT2D eigenvalue weighted by Gasteiger charge is -2.10. The third-order valence-electron chi connectivity index (χ3n) is 5.50. The zero-order valence-electron chi connectivity index (χ0n) is 18.0. The molecule has 1 amide bonds. The van der Waals surface area contributed by atoms with Crippen LogP contribution in [0.4, 0.5) is 5.69 Å². The van der Waals surface area contributed by atoms with Gasteiger partial charge in [0.05, 0.1) is 0 Å². The van der Waals surface area contributed by atoms with Gasteiger partial charge >= 0.3 is 0 Å². The van der Waals surface area contributed by atoms with Gasteiger partial charge in [-0.3, -0.25) is 10.1 Å². The van der Waals surface area contributed by atoms with E-state index in [1.165, 1.54) is 5.56 Å². The molecule has 1 heterocycles. The highest BCUT2D eigenvalue weighted by Crippen LogP contribution is 2.30. The van der Waals surface area contributed by atoms with Gasteiger partial charge in [-0.15, -0.1) is 0 Å². The molecule has 0 aliphatic rings. The lowest BCUT2D eigenvalue weighted by atomic mass is 10.1. The molecule has 2 N–H and O–H groups in total. The quantitative estimate of drug-likeness (QED) is 0.312. The summed E-state index contributed by atoms with van der Waals surface area (Å²) in [5, 5.41) is 8.18. The fourth-order valence-electron chi connectivity index (χ4n) is 3.74. The third-order valence-corrected chi connectivity index (χ3v) is 5.71. The third kappa shape index (κ3) is 4.33. The highest BCUT2D eigenvalue weighted by molar-refractivity contribution is 7.80. The highest BCUT2D eigenvalue weighted by atomic mass is 32.1. The molecule has 0 spiro atoms. The second-order valence-electron chi connectivity index (χ2n) is 7.69. The van der Waals surface area contributed by atoms with Crippen molar-refractivity contribution in [3.8, 4) is 11.5 Å². The van der Waals surface area contributed by atoms with Gasteiger partial charge in [-0.05, 0) is 66.0 Å². The molecule has 0 saturated heterocycles. The first-order valence-corrected chi connectivity index (χ1v) is 11.1. The van der Waals surface area contributed by atoms with Gasteiger partial charge in [-0.1, -0.05) is 55.5 Å². The summed E-state index contributed by atoms with van der Waals surface area (Å²) in [7, 11) is 0. The Morgan fingerprint density at radius 2 is 1.79 bits per heavy atom. The van der Waals surface area contributed by atoms with Crippen LogP contribution in [0, 0.1) is 0 Å². The minimum atomic E-state index is -0.253. The van der Waals surface area contributed by atoms with Gasteiger partial charge in [0.25, 0.3) is 5.91 Å². The minimum absolute atomic E-state index is 0.222. The maximum atomic E-state index is 12.5. The molecule has 6 heteroatoms. The summed E-state index contributed by atoms with van der Waals surface area (Å²) in [4.78, 5) is 17.2. The predicted molar refractivity (Wildman–Crippen MR) is 136 cm³/mol. The van der Waals surface area contributed by atoms with Gasteiger partial charge in [0.2, 0.25) is 5.89 Å². The van der Waals surface area contributed by atoms with E-state index in [0.717, 1.165) is 39.5 Å². The standard InChI is InChI=1S/C27H21N3O2S/c1-2-17-10-12-19(13-11-17)25(31)30-27(33)28-21-8-5-7-20(16-21)26-29-24-22-9-4-3-6-18(22)14-15-23(24)32-26/h3-16H,2H2,1H3,(H2,28,30,31,33). The van der Waals surface area contributed by atoms with E-state index in [2.05, 4.69) is 23.6 Å². The molecule has 0 aliphatic carbocycles. The first-order chi connectivity index (χ1) is 16.1. The average Bonchev–Trinajstić information content (AvgIpc) is 3.29. The van der Waals surface area contributed by atoms with Crippen molar-refractivity contribution in [2.75, 3.05) is 5.32 Å². The maximum Gasteiger partial charge on any atom is 0.257 e. The van der Waals surface area contributed by atoms with Crippen molar-refractivity contribution in [3.63, 3.8) is 0 Å². The number of aromatic nitrogens is 1. The van der Waals surface area contributed by atoms with E-state index in [4.69, 9.17) is 21.6 Å². The Kier molecular flexibility index (Phi) is 5.59. The van der Waals surface area contributed by atoms with Crippen molar-refractivity contribution < 1.29 is 9.21 Å². The smallest absolute Gasteiger partial charge is 0.257 e. The molecule has 1 aromatic heterocycles. The number of aryl methyl sites for hydroxylation is 1. The number of nitrogens with one attached hydrogen (secondary N) is 2. The Hall–Kier alpha value is -4.03. The Morgan fingerprint density at radius 1 is 0.970 bits per heavy atom. The summed E-state index contributed by atoms with van der Waals surface area (Å²) in [6.07, 6.45) is 0.925. The second-order valence-corrected chi connectivity index (χ2v) is 8.10. The van der Waals surface area contributed by atoms with Gasteiger partial charge < -0.3 is 9.73 Å². The largest absolute Gasteiger partial charge is 0.436 e. The fourth-order valence-corrected chi connectivity index (χ4v) is 3.95. The minimum Gasteiger partial charge on any atom is -0.436 e. The van der Waals surface area contributed by atoms with Crippen LogP contribution < -0.4 is 10.6 Å². The number of thiocarbonyl (C=S) groups is 1. The maximum absolute atomic E-state index is 12.5. The zero-order chi connectivity index (χ0) is 22.8. The van der Waals surface area contributed by atoms with Crippen LogP contribution in [0.25, 0.3) is 33.3 Å². The van der Waals surface area contributed by atoms with Crippen LogP contribution in [0.5, 0.6) is 0 Å². The fraction of sp³-hybridized carbons (Fsp3) is 0.0741. The van der Waals surface area contributed by atoms with Crippen molar-refractivity contribution in [1.82, 2.24) is 10.3 Å². The number of oxazole rings is 1. The molecule has 4 aromatic carbocycles. The summed E-state index contributed by atoms with van der Waals surface area (Å²) in [6, 6.07) is 27.1. The number of carbonyl (C=O) groups is 1. The number of amides is 1. The summed E-state index contributed by atoms with van der Waals surface area (Å²) >= 11 is 5.34. The summed E-state index contributed by atoms with van der Waals surface area (Å²) in [5.74, 6) is 0.271. The predicted octanol–water partition coefficient (Wildman–Crippen LogP) is 6.34. The van der Waals surface area contributed by atoms with Crippen LogP contribution in [0.3, 0.4) is 0 Å². The van der Waals surface area contributed by atoms with Gasteiger partial charge in [-0.25, -0.2) is 4.98 Å². The van der Waals surface area contributed by atoms with Gasteiger partial charge in [0.1, 0.15) is 5.52 Å². The van der Waals surface area contributed by atoms with E-state index in [1.807, 2.05) is 66.7 Å². The SMILES string of the molecule is CCc1ccc(C(=O)NC(=S)Nc2cccc(-c3nc4c(ccc5ccccc54)o3)c2)cc1. The van der Waals surface area contributed by atoms with E-state index in [0.29, 0.717) is 11.5 Å². The normalized spacial score (nSPS) is 10.9. The highest BCUT2D eigenvalue weighted by Gasteiger charge is 2.12. The lowest BCUT2D eigenvalue weighted by Crippen LogP contribution is -2.34. The van der Waals surface area contributed by atoms with Crippen LogP contribution in [-0.4, -0.2) is 16.0 Å². The molecule has 33 heavy (non-hydrogen) atoms. The first-order valence-electron chi connectivity index (χ1n) is 10.7. The van der Waals surface area contributed by atoms with E-state index < -0.39 is 0 Å². The number of carbonyl (C=O) groups excluding carboxylic acids is 1. The molecule has 0 aliphatic heterocycles. The van der Waals surface area contributed by atoms with Crippen LogP contribution >= 0.6 is 12.2 Å². The number of rotatable bonds is 4. The average molecular weight is 452 g/mol. The van der Waals surface area contributed by atoms with Crippen molar-refractivity contribution >= 4 is 50.8 Å². The second kappa shape index (κ2) is 8.84. The molecule has 0 fully saturated rings. The number of anilines is 1. The molecule has 5 rings (SSSR count). The summed E-state index contributed by atoms with van der Waals surface area (Å²) in [6.45, 7) is 2.07. The molecule has 162 valence electrons. The zero-order valence-corrected chi connectivity index (χ0v) is 18.8. The molecule has 0 radical (unpaired) electrons. The monoisotopic (exact) mass is 451 g/mol. The van der Waals surface area contributed by atoms with Crippen molar-refractivity contribution in [2.45, 2.75) is 13.3 Å². The number of fused-ring (bicyclic) bond motifs is 3. The van der Waals surface area contributed by atoms with Gasteiger partial charge in [-0.2, -0.15) is 0 Å². The first kappa shape index (κ1) is 20.8.